The Kier molecular flexibility index (Phi) is 5.78. The molecule has 0 aromatic heterocycles. The van der Waals surface area contributed by atoms with Gasteiger partial charge in [-0.1, -0.05) is 30.3 Å². The molecule has 0 aliphatic heterocycles. The maximum atomic E-state index is 10.2. The third kappa shape index (κ3) is 6.20. The average molecular weight is 210 g/mol. The smallest absolute Gasteiger partial charge is 0.273 e. The molecule has 0 amide bonds. The summed E-state index contributed by atoms with van der Waals surface area (Å²) in [6, 6.07) is 8.94. The van der Waals surface area contributed by atoms with E-state index in [9.17, 15) is 8.42 Å². The van der Waals surface area contributed by atoms with E-state index in [1.54, 1.807) is 24.3 Å². The van der Waals surface area contributed by atoms with Crippen LogP contribution in [0.2, 0.25) is 0 Å². The SMILES string of the molecule is O=S(=O)(O)NCc1ccccc1.[Na]. The third-order valence-corrected chi connectivity index (χ3v) is 1.81. The van der Waals surface area contributed by atoms with Gasteiger partial charge in [0.25, 0.3) is 0 Å². The van der Waals surface area contributed by atoms with Gasteiger partial charge in [-0.25, -0.2) is 0 Å². The Hall–Kier alpha value is 0.0900. The molecule has 0 bridgehead atoms. The van der Waals surface area contributed by atoms with Crippen LogP contribution in [0.15, 0.2) is 30.3 Å². The van der Waals surface area contributed by atoms with Crippen molar-refractivity contribution < 1.29 is 13.0 Å². The molecule has 0 unspecified atom stereocenters. The van der Waals surface area contributed by atoms with Crippen LogP contribution in [0.25, 0.3) is 0 Å². The van der Waals surface area contributed by atoms with Crippen molar-refractivity contribution >= 4 is 39.9 Å². The fourth-order valence-corrected chi connectivity index (χ4v) is 1.12. The average Bonchev–Trinajstić information content (AvgIpc) is 2.02. The minimum Gasteiger partial charge on any atom is -0.273 e. The summed E-state index contributed by atoms with van der Waals surface area (Å²) in [6.07, 6.45) is 0. The molecule has 0 saturated carbocycles. The van der Waals surface area contributed by atoms with Crippen molar-refractivity contribution in [1.29, 1.82) is 0 Å². The number of benzene rings is 1. The van der Waals surface area contributed by atoms with Crippen LogP contribution in [0.3, 0.4) is 0 Å². The van der Waals surface area contributed by atoms with Gasteiger partial charge in [-0.15, -0.1) is 0 Å². The van der Waals surface area contributed by atoms with Crippen molar-refractivity contribution in [2.24, 2.45) is 0 Å². The summed E-state index contributed by atoms with van der Waals surface area (Å²) >= 11 is 0. The van der Waals surface area contributed by atoms with E-state index in [2.05, 4.69) is 0 Å². The van der Waals surface area contributed by atoms with E-state index >= 15 is 0 Å². The molecule has 0 saturated heterocycles. The zero-order valence-electron chi connectivity index (χ0n) is 7.27. The van der Waals surface area contributed by atoms with Gasteiger partial charge < -0.3 is 0 Å². The predicted octanol–water partition coefficient (Wildman–Crippen LogP) is 0.198. The molecule has 67 valence electrons. The summed E-state index contributed by atoms with van der Waals surface area (Å²) < 4.78 is 30.8. The molecule has 4 nitrogen and oxygen atoms in total. The zero-order chi connectivity index (χ0) is 9.03. The van der Waals surface area contributed by atoms with Crippen molar-refractivity contribution in [1.82, 2.24) is 4.72 Å². The predicted molar refractivity (Wildman–Crippen MR) is 50.6 cm³/mol. The molecule has 0 spiro atoms. The van der Waals surface area contributed by atoms with Crippen LogP contribution in [0.4, 0.5) is 0 Å². The molecule has 1 rings (SSSR count). The molecule has 0 atom stereocenters. The quantitative estimate of drug-likeness (QED) is 0.553. The minimum absolute atomic E-state index is 0. The molecule has 0 heterocycles. The van der Waals surface area contributed by atoms with E-state index in [1.807, 2.05) is 10.8 Å². The standard InChI is InChI=1S/C7H9NO3S.Na/c9-12(10,11)8-6-7-4-2-1-3-5-7;/h1-5,8H,6H2,(H,9,10,11);. The first-order valence-electron chi connectivity index (χ1n) is 3.34. The molecule has 0 fully saturated rings. The Morgan fingerprint density at radius 2 is 1.77 bits per heavy atom. The van der Waals surface area contributed by atoms with E-state index in [1.165, 1.54) is 0 Å². The summed E-state index contributed by atoms with van der Waals surface area (Å²) in [6.45, 7) is 0.111. The van der Waals surface area contributed by atoms with Crippen LogP contribution in [0, 0.1) is 0 Å². The summed E-state index contributed by atoms with van der Waals surface area (Å²) in [5.41, 5.74) is 0.801. The van der Waals surface area contributed by atoms with Gasteiger partial charge >= 0.3 is 10.3 Å². The first-order valence-corrected chi connectivity index (χ1v) is 4.78. The molecule has 0 aliphatic carbocycles. The summed E-state index contributed by atoms with van der Waals surface area (Å²) in [5.74, 6) is 0. The fourth-order valence-electron chi connectivity index (χ4n) is 0.770. The van der Waals surface area contributed by atoms with E-state index in [-0.39, 0.29) is 36.1 Å². The van der Waals surface area contributed by atoms with Crippen LogP contribution >= 0.6 is 0 Å². The van der Waals surface area contributed by atoms with Gasteiger partial charge in [-0.05, 0) is 5.56 Å². The number of hydrogen-bond donors (Lipinski definition) is 2. The maximum absolute atomic E-state index is 10.2. The molecule has 1 aromatic rings. The topological polar surface area (TPSA) is 66.4 Å². The van der Waals surface area contributed by atoms with Gasteiger partial charge in [0.15, 0.2) is 0 Å². The molecular weight excluding hydrogens is 201 g/mol. The Morgan fingerprint density at radius 3 is 2.23 bits per heavy atom. The normalized spacial score (nSPS) is 10.5. The Balaban J connectivity index is 0.00000144. The van der Waals surface area contributed by atoms with Crippen molar-refractivity contribution in [2.45, 2.75) is 6.54 Å². The molecule has 0 aliphatic rings. The first-order chi connectivity index (χ1) is 5.58. The molecular formula is C7H9NNaO3S. The van der Waals surface area contributed by atoms with Gasteiger partial charge in [0, 0.05) is 36.1 Å². The van der Waals surface area contributed by atoms with Crippen LogP contribution in [-0.2, 0) is 16.8 Å². The van der Waals surface area contributed by atoms with Crippen LogP contribution in [0.1, 0.15) is 5.56 Å². The fraction of sp³-hybridized carbons (Fsp3) is 0.143. The monoisotopic (exact) mass is 210 g/mol. The number of hydrogen-bond acceptors (Lipinski definition) is 2. The Bertz CT molecular complexity index is 338. The maximum Gasteiger partial charge on any atom is 0.333 e. The van der Waals surface area contributed by atoms with Crippen molar-refractivity contribution in [3.63, 3.8) is 0 Å². The summed E-state index contributed by atoms with van der Waals surface area (Å²) in [5, 5.41) is 0. The van der Waals surface area contributed by atoms with E-state index in [4.69, 9.17) is 4.55 Å². The van der Waals surface area contributed by atoms with Gasteiger partial charge in [0.2, 0.25) is 0 Å². The molecule has 1 aromatic carbocycles. The van der Waals surface area contributed by atoms with Gasteiger partial charge in [0.1, 0.15) is 0 Å². The molecule has 1 radical (unpaired) electrons. The summed E-state index contributed by atoms with van der Waals surface area (Å²) in [4.78, 5) is 0. The van der Waals surface area contributed by atoms with Crippen LogP contribution in [-0.4, -0.2) is 42.5 Å². The van der Waals surface area contributed by atoms with Crippen molar-refractivity contribution in [2.75, 3.05) is 0 Å². The van der Waals surface area contributed by atoms with Crippen LogP contribution < -0.4 is 4.72 Å². The van der Waals surface area contributed by atoms with Crippen LogP contribution in [0.5, 0.6) is 0 Å². The second-order valence-corrected chi connectivity index (χ2v) is 3.52. The Morgan fingerprint density at radius 1 is 1.23 bits per heavy atom. The molecule has 13 heavy (non-hydrogen) atoms. The van der Waals surface area contributed by atoms with Crippen molar-refractivity contribution in [3.05, 3.63) is 35.9 Å². The zero-order valence-corrected chi connectivity index (χ0v) is 10.1. The second kappa shape index (κ2) is 5.74. The first kappa shape index (κ1) is 13.1. The molecule has 2 N–H and O–H groups in total. The van der Waals surface area contributed by atoms with E-state index in [0.717, 1.165) is 5.56 Å². The van der Waals surface area contributed by atoms with E-state index in [0.29, 0.717) is 0 Å². The minimum atomic E-state index is -4.07. The Labute approximate surface area is 99.5 Å². The largest absolute Gasteiger partial charge is 0.333 e. The molecule has 6 heteroatoms. The number of rotatable bonds is 3. The second-order valence-electron chi connectivity index (χ2n) is 2.28. The van der Waals surface area contributed by atoms with Gasteiger partial charge in [-0.3, -0.25) is 4.55 Å². The van der Waals surface area contributed by atoms with Gasteiger partial charge in [0.05, 0.1) is 0 Å². The van der Waals surface area contributed by atoms with E-state index < -0.39 is 10.3 Å². The summed E-state index contributed by atoms with van der Waals surface area (Å²) in [7, 11) is -4.07. The van der Waals surface area contributed by atoms with Crippen molar-refractivity contribution in [3.8, 4) is 0 Å². The van der Waals surface area contributed by atoms with Gasteiger partial charge in [-0.2, -0.15) is 13.1 Å². The number of nitrogens with one attached hydrogen (secondary N) is 1. The third-order valence-electron chi connectivity index (χ3n) is 1.30.